The molecule has 10 nitrogen and oxygen atoms in total. The highest BCUT2D eigenvalue weighted by atomic mass is 16.5. The Morgan fingerprint density at radius 2 is 1.88 bits per heavy atom. The molecule has 10 heteroatoms. The number of fused-ring (bicyclic) bond motifs is 5. The highest BCUT2D eigenvalue weighted by molar-refractivity contribution is 5.97. The van der Waals surface area contributed by atoms with E-state index in [4.69, 9.17) is 9.47 Å². The Balaban J connectivity index is 1.40. The fourth-order valence-corrected chi connectivity index (χ4v) is 6.57. The summed E-state index contributed by atoms with van der Waals surface area (Å²) in [4.78, 5) is 43.0. The molecule has 5 atom stereocenters. The van der Waals surface area contributed by atoms with E-state index in [0.29, 0.717) is 69.2 Å². The van der Waals surface area contributed by atoms with Gasteiger partial charge in [0.1, 0.15) is 11.9 Å². The van der Waals surface area contributed by atoms with E-state index in [0.717, 1.165) is 18.4 Å². The molecule has 0 unspecified atom stereocenters. The first-order chi connectivity index (χ1) is 19.2. The molecular formula is C30H44N4O6. The molecule has 4 bridgehead atoms. The van der Waals surface area contributed by atoms with Crippen molar-refractivity contribution in [1.29, 1.82) is 0 Å². The van der Waals surface area contributed by atoms with E-state index in [9.17, 15) is 19.5 Å². The minimum absolute atomic E-state index is 0.0718. The summed E-state index contributed by atoms with van der Waals surface area (Å²) in [5.41, 5.74) is 1.59. The predicted molar refractivity (Wildman–Crippen MR) is 149 cm³/mol. The number of likely N-dealkylation sites (tertiary alicyclic amines) is 2. The molecule has 4 heterocycles. The topological polar surface area (TPSA) is 120 Å². The van der Waals surface area contributed by atoms with E-state index in [1.165, 1.54) is 0 Å². The van der Waals surface area contributed by atoms with Crippen molar-refractivity contribution in [2.75, 3.05) is 32.8 Å². The molecular weight excluding hydrogens is 512 g/mol. The van der Waals surface area contributed by atoms with Gasteiger partial charge in [-0.05, 0) is 55.7 Å². The maximum Gasteiger partial charge on any atom is 0.255 e. The molecule has 4 aliphatic rings. The van der Waals surface area contributed by atoms with Crippen LogP contribution in [0.25, 0.3) is 0 Å². The van der Waals surface area contributed by atoms with Crippen molar-refractivity contribution in [1.82, 2.24) is 20.4 Å². The number of rotatable bonds is 2. The van der Waals surface area contributed by atoms with Crippen LogP contribution in [0.1, 0.15) is 81.1 Å². The van der Waals surface area contributed by atoms with Gasteiger partial charge in [-0.2, -0.15) is 0 Å². The van der Waals surface area contributed by atoms with Gasteiger partial charge in [-0.3, -0.25) is 19.3 Å². The third-order valence-electron chi connectivity index (χ3n) is 9.03. The third-order valence-corrected chi connectivity index (χ3v) is 9.03. The van der Waals surface area contributed by atoms with Gasteiger partial charge in [-0.15, -0.1) is 0 Å². The molecule has 0 saturated carbocycles. The van der Waals surface area contributed by atoms with Crippen molar-refractivity contribution in [3.05, 3.63) is 29.3 Å². The standard InChI is InChI=1S/C30H44N4O6/c1-18(2)20-4-6-24-27(14-20)39-13-10-23-5-7-26(36)28(40-23)16-31-30(38)25-15-21(32-29(24)37)17-34(25)22-8-11-33(12-9-22)19(3)35/h4,6,14,18,21-23,25-26,28,36H,5,7-13,15-17H2,1-3H3,(H,31,38)(H,32,37)/t21-,23-,25-,26-,28+/m0/s1. The van der Waals surface area contributed by atoms with E-state index in [1.54, 1.807) is 6.92 Å². The summed E-state index contributed by atoms with van der Waals surface area (Å²) in [7, 11) is 0. The van der Waals surface area contributed by atoms with Crippen molar-refractivity contribution >= 4 is 17.7 Å². The molecule has 3 saturated heterocycles. The van der Waals surface area contributed by atoms with Gasteiger partial charge in [0, 0.05) is 51.6 Å². The van der Waals surface area contributed by atoms with Crippen LogP contribution in [0.3, 0.4) is 0 Å². The van der Waals surface area contributed by atoms with Gasteiger partial charge in [-0.25, -0.2) is 0 Å². The maximum atomic E-state index is 13.6. The van der Waals surface area contributed by atoms with Crippen LogP contribution in [0, 0.1) is 0 Å². The van der Waals surface area contributed by atoms with E-state index >= 15 is 0 Å². The van der Waals surface area contributed by atoms with Gasteiger partial charge in [0.05, 0.1) is 30.4 Å². The zero-order chi connectivity index (χ0) is 28.4. The second-order valence-electron chi connectivity index (χ2n) is 12.1. The number of carbonyl (C=O) groups is 3. The van der Waals surface area contributed by atoms with Gasteiger partial charge in [0.25, 0.3) is 5.91 Å². The zero-order valence-electron chi connectivity index (χ0n) is 23.9. The summed E-state index contributed by atoms with van der Waals surface area (Å²) in [6.07, 6.45) is 2.80. The van der Waals surface area contributed by atoms with Crippen molar-refractivity contribution in [3.63, 3.8) is 0 Å². The lowest BCUT2D eigenvalue weighted by Gasteiger charge is -2.39. The lowest BCUT2D eigenvalue weighted by Crippen LogP contribution is -2.54. The highest BCUT2D eigenvalue weighted by Crippen LogP contribution is 2.30. The van der Waals surface area contributed by atoms with Crippen LogP contribution in [-0.2, 0) is 14.3 Å². The molecule has 0 spiro atoms. The normalized spacial score (nSPS) is 30.8. The summed E-state index contributed by atoms with van der Waals surface area (Å²) in [5, 5.41) is 16.8. The molecule has 3 fully saturated rings. The number of nitrogens with one attached hydrogen (secondary N) is 2. The van der Waals surface area contributed by atoms with Crippen LogP contribution in [0.5, 0.6) is 5.75 Å². The summed E-state index contributed by atoms with van der Waals surface area (Å²) < 4.78 is 12.4. The third kappa shape index (κ3) is 6.44. The smallest absolute Gasteiger partial charge is 0.255 e. The summed E-state index contributed by atoms with van der Waals surface area (Å²) in [6, 6.07) is 5.28. The number of piperidine rings is 1. The Labute approximate surface area is 236 Å². The summed E-state index contributed by atoms with van der Waals surface area (Å²) in [5.74, 6) is 0.609. The molecule has 1 aromatic rings. The highest BCUT2D eigenvalue weighted by Gasteiger charge is 2.42. The van der Waals surface area contributed by atoms with Crippen molar-refractivity contribution in [2.45, 2.75) is 102 Å². The van der Waals surface area contributed by atoms with Crippen LogP contribution in [0.4, 0.5) is 0 Å². The van der Waals surface area contributed by atoms with Gasteiger partial charge in [0.2, 0.25) is 11.8 Å². The van der Waals surface area contributed by atoms with Gasteiger partial charge in [0.15, 0.2) is 0 Å². The molecule has 4 aliphatic heterocycles. The minimum Gasteiger partial charge on any atom is -0.493 e. The fraction of sp³-hybridized carbons (Fsp3) is 0.700. The second kappa shape index (κ2) is 12.4. The molecule has 40 heavy (non-hydrogen) atoms. The Kier molecular flexibility index (Phi) is 8.97. The van der Waals surface area contributed by atoms with E-state index in [2.05, 4.69) is 29.4 Å². The first kappa shape index (κ1) is 28.8. The number of benzene rings is 1. The molecule has 0 aliphatic carbocycles. The monoisotopic (exact) mass is 556 g/mol. The molecule has 220 valence electrons. The Bertz CT molecular complexity index is 1090. The number of ether oxygens (including phenoxy) is 2. The molecule has 3 N–H and O–H groups in total. The van der Waals surface area contributed by atoms with Crippen LogP contribution >= 0.6 is 0 Å². The molecule has 0 radical (unpaired) electrons. The van der Waals surface area contributed by atoms with Crippen LogP contribution in [-0.4, -0.2) is 102 Å². The van der Waals surface area contributed by atoms with Crippen LogP contribution in [0.2, 0.25) is 0 Å². The largest absolute Gasteiger partial charge is 0.493 e. The van der Waals surface area contributed by atoms with Crippen molar-refractivity contribution < 1.29 is 29.0 Å². The summed E-state index contributed by atoms with van der Waals surface area (Å²) >= 11 is 0. The number of amides is 3. The predicted octanol–water partition coefficient (Wildman–Crippen LogP) is 1.80. The summed E-state index contributed by atoms with van der Waals surface area (Å²) in [6.45, 7) is 8.31. The Morgan fingerprint density at radius 3 is 2.60 bits per heavy atom. The lowest BCUT2D eigenvalue weighted by molar-refractivity contribution is -0.135. The SMILES string of the molecule is CC(=O)N1CCC(N2C[C@@H]3C[C@H]2C(=O)NC[C@H]2O[C@H](CCOc4cc(C(C)C)ccc4C(=O)N3)CC[C@@H]2O)CC1. The quantitative estimate of drug-likeness (QED) is 0.508. The number of hydrogen-bond donors (Lipinski definition) is 3. The molecule has 5 rings (SSSR count). The Morgan fingerprint density at radius 1 is 1.10 bits per heavy atom. The lowest BCUT2D eigenvalue weighted by atomic mass is 9.98. The zero-order valence-corrected chi connectivity index (χ0v) is 23.9. The van der Waals surface area contributed by atoms with Gasteiger partial charge in [-0.1, -0.05) is 19.9 Å². The number of aliphatic hydroxyl groups excluding tert-OH is 1. The van der Waals surface area contributed by atoms with E-state index < -0.39 is 18.2 Å². The maximum absolute atomic E-state index is 13.6. The molecule has 1 aromatic carbocycles. The Hall–Kier alpha value is -2.69. The fourth-order valence-electron chi connectivity index (χ4n) is 6.57. The van der Waals surface area contributed by atoms with Crippen LogP contribution in [0.15, 0.2) is 18.2 Å². The number of hydrogen-bond acceptors (Lipinski definition) is 7. The number of aliphatic hydroxyl groups is 1. The van der Waals surface area contributed by atoms with Gasteiger partial charge >= 0.3 is 0 Å². The first-order valence-corrected chi connectivity index (χ1v) is 14.9. The van der Waals surface area contributed by atoms with E-state index in [1.807, 2.05) is 23.1 Å². The van der Waals surface area contributed by atoms with E-state index in [-0.39, 0.29) is 42.5 Å². The average Bonchev–Trinajstić information content (AvgIpc) is 3.36. The van der Waals surface area contributed by atoms with Crippen molar-refractivity contribution in [2.24, 2.45) is 0 Å². The minimum atomic E-state index is -0.631. The molecule has 0 aromatic heterocycles. The number of nitrogens with zero attached hydrogens (tertiary/aromatic N) is 2. The van der Waals surface area contributed by atoms with Crippen molar-refractivity contribution in [3.8, 4) is 5.75 Å². The van der Waals surface area contributed by atoms with Gasteiger partial charge < -0.3 is 30.1 Å². The first-order valence-electron chi connectivity index (χ1n) is 14.9. The number of carbonyl (C=O) groups excluding carboxylic acids is 3. The van der Waals surface area contributed by atoms with Crippen LogP contribution < -0.4 is 15.4 Å². The average molecular weight is 557 g/mol. The molecule has 3 amide bonds. The second-order valence-corrected chi connectivity index (χ2v) is 12.1.